The second-order valence-electron chi connectivity index (χ2n) is 2.69. The van der Waals surface area contributed by atoms with Crippen LogP contribution in [-0.4, -0.2) is 30.5 Å². The predicted molar refractivity (Wildman–Crippen MR) is 34.0 cm³/mol. The lowest BCUT2D eigenvalue weighted by atomic mass is 9.78. The number of rotatable bonds is 2. The molecule has 0 radical (unpaired) electrons. The molecular weight excluding hydrogens is 118 g/mol. The van der Waals surface area contributed by atoms with Crippen molar-refractivity contribution in [2.45, 2.75) is 24.5 Å². The third-order valence-corrected chi connectivity index (χ3v) is 1.93. The highest BCUT2D eigenvalue weighted by molar-refractivity contribution is 4.95. The Kier molecular flexibility index (Phi) is 1.75. The first-order valence-corrected chi connectivity index (χ1v) is 3.15. The molecule has 0 aromatic rings. The van der Waals surface area contributed by atoms with Crippen LogP contribution in [0, 0.1) is 0 Å². The normalized spacial score (nSPS) is 42.3. The van der Waals surface area contributed by atoms with Gasteiger partial charge in [0.05, 0.1) is 11.7 Å². The minimum atomic E-state index is -0.610. The largest absolute Gasteiger partial charge is 0.388 e. The summed E-state index contributed by atoms with van der Waals surface area (Å²) in [6.07, 6.45) is 1.62. The average Bonchev–Trinajstić information content (AvgIpc) is 1.81. The summed E-state index contributed by atoms with van der Waals surface area (Å²) in [5.41, 5.74) is 4.67. The Labute approximate surface area is 54.8 Å². The van der Waals surface area contributed by atoms with Crippen molar-refractivity contribution in [2.24, 2.45) is 5.73 Å². The van der Waals surface area contributed by atoms with Gasteiger partial charge in [0, 0.05) is 26.5 Å². The molecule has 1 aliphatic rings. The van der Waals surface area contributed by atoms with E-state index in [2.05, 4.69) is 0 Å². The van der Waals surface area contributed by atoms with E-state index in [9.17, 15) is 5.11 Å². The molecule has 3 heteroatoms. The molecule has 1 saturated carbocycles. The van der Waals surface area contributed by atoms with E-state index in [0.717, 1.165) is 0 Å². The molecule has 54 valence electrons. The highest BCUT2D eigenvalue weighted by atomic mass is 16.5. The van der Waals surface area contributed by atoms with Crippen LogP contribution in [0.1, 0.15) is 12.8 Å². The third kappa shape index (κ3) is 1.23. The molecule has 0 saturated heterocycles. The number of nitrogens with two attached hydrogens (primary N) is 1. The van der Waals surface area contributed by atoms with Gasteiger partial charge in [0.15, 0.2) is 0 Å². The minimum absolute atomic E-state index is 0.235. The maximum atomic E-state index is 9.32. The van der Waals surface area contributed by atoms with Crippen molar-refractivity contribution in [3.05, 3.63) is 0 Å². The molecule has 1 aliphatic carbocycles. The molecule has 1 fully saturated rings. The lowest BCUT2D eigenvalue weighted by Crippen LogP contribution is -2.52. The molecule has 0 aromatic carbocycles. The Morgan fingerprint density at radius 1 is 1.78 bits per heavy atom. The summed E-state index contributed by atoms with van der Waals surface area (Å²) >= 11 is 0. The highest BCUT2D eigenvalue weighted by Crippen LogP contribution is 2.32. The second-order valence-corrected chi connectivity index (χ2v) is 2.69. The summed E-state index contributed by atoms with van der Waals surface area (Å²) in [6, 6.07) is 0. The first-order valence-electron chi connectivity index (χ1n) is 3.15. The van der Waals surface area contributed by atoms with Gasteiger partial charge in [-0.2, -0.15) is 0 Å². The lowest BCUT2D eigenvalue weighted by Gasteiger charge is -2.41. The van der Waals surface area contributed by atoms with Crippen molar-refractivity contribution in [3.8, 4) is 0 Å². The van der Waals surface area contributed by atoms with Crippen LogP contribution in [0.4, 0.5) is 0 Å². The van der Waals surface area contributed by atoms with E-state index < -0.39 is 5.60 Å². The summed E-state index contributed by atoms with van der Waals surface area (Å²) in [6.45, 7) is 0.354. The first kappa shape index (κ1) is 6.99. The maximum absolute atomic E-state index is 9.32. The number of hydrogen-bond acceptors (Lipinski definition) is 3. The van der Waals surface area contributed by atoms with Gasteiger partial charge in [0.25, 0.3) is 0 Å². The monoisotopic (exact) mass is 131 g/mol. The summed E-state index contributed by atoms with van der Waals surface area (Å²) in [5.74, 6) is 0. The average molecular weight is 131 g/mol. The fraction of sp³-hybridized carbons (Fsp3) is 1.00. The zero-order valence-corrected chi connectivity index (χ0v) is 5.63. The molecule has 0 heterocycles. The number of hydrogen-bond donors (Lipinski definition) is 2. The molecule has 3 N–H and O–H groups in total. The Hall–Kier alpha value is -0.120. The van der Waals surface area contributed by atoms with Gasteiger partial charge in [-0.15, -0.1) is 0 Å². The molecule has 0 spiro atoms. The molecule has 0 bridgehead atoms. The van der Waals surface area contributed by atoms with E-state index in [0.29, 0.717) is 19.4 Å². The minimum Gasteiger partial charge on any atom is -0.388 e. The molecule has 0 atom stereocenters. The molecule has 0 unspecified atom stereocenters. The zero-order valence-electron chi connectivity index (χ0n) is 5.63. The summed E-state index contributed by atoms with van der Waals surface area (Å²) in [4.78, 5) is 0. The van der Waals surface area contributed by atoms with Gasteiger partial charge in [0.2, 0.25) is 0 Å². The fourth-order valence-electron chi connectivity index (χ4n) is 1.12. The van der Waals surface area contributed by atoms with Crippen molar-refractivity contribution < 1.29 is 9.84 Å². The van der Waals surface area contributed by atoms with Crippen LogP contribution in [0.2, 0.25) is 0 Å². The van der Waals surface area contributed by atoms with Crippen molar-refractivity contribution in [3.63, 3.8) is 0 Å². The van der Waals surface area contributed by atoms with Gasteiger partial charge in [-0.05, 0) is 0 Å². The Bertz CT molecular complexity index is 99.2. The highest BCUT2D eigenvalue weighted by Gasteiger charge is 2.41. The van der Waals surface area contributed by atoms with Gasteiger partial charge < -0.3 is 15.6 Å². The van der Waals surface area contributed by atoms with Crippen molar-refractivity contribution in [1.29, 1.82) is 0 Å². The van der Waals surface area contributed by atoms with Gasteiger partial charge in [-0.3, -0.25) is 0 Å². The van der Waals surface area contributed by atoms with Gasteiger partial charge >= 0.3 is 0 Å². The molecular formula is C6H13NO2. The van der Waals surface area contributed by atoms with Crippen LogP contribution in [-0.2, 0) is 4.74 Å². The van der Waals surface area contributed by atoms with Crippen LogP contribution < -0.4 is 5.73 Å². The van der Waals surface area contributed by atoms with E-state index in [4.69, 9.17) is 10.5 Å². The molecule has 0 aromatic heterocycles. The number of ether oxygens (including phenoxy) is 1. The van der Waals surface area contributed by atoms with E-state index >= 15 is 0 Å². The topological polar surface area (TPSA) is 55.5 Å². The SMILES string of the molecule is COC1CC(O)(CN)C1. The third-order valence-electron chi connectivity index (χ3n) is 1.93. The first-order chi connectivity index (χ1) is 4.20. The summed E-state index contributed by atoms with van der Waals surface area (Å²) in [7, 11) is 1.65. The fourth-order valence-corrected chi connectivity index (χ4v) is 1.12. The molecule has 1 rings (SSSR count). The quantitative estimate of drug-likeness (QED) is 0.530. The van der Waals surface area contributed by atoms with Gasteiger partial charge in [-0.25, -0.2) is 0 Å². The van der Waals surface area contributed by atoms with E-state index in [1.54, 1.807) is 7.11 Å². The smallest absolute Gasteiger partial charge is 0.0818 e. The second kappa shape index (κ2) is 2.25. The maximum Gasteiger partial charge on any atom is 0.0818 e. The summed E-state index contributed by atoms with van der Waals surface area (Å²) in [5, 5.41) is 9.32. The number of aliphatic hydroxyl groups is 1. The molecule has 3 nitrogen and oxygen atoms in total. The zero-order chi connectivity index (χ0) is 6.91. The van der Waals surface area contributed by atoms with Crippen molar-refractivity contribution in [2.75, 3.05) is 13.7 Å². The van der Waals surface area contributed by atoms with Crippen LogP contribution in [0.3, 0.4) is 0 Å². The Morgan fingerprint density at radius 3 is 2.67 bits per heavy atom. The van der Waals surface area contributed by atoms with E-state index in [1.165, 1.54) is 0 Å². The standard InChI is InChI=1S/C6H13NO2/c1-9-5-2-6(8,3-5)4-7/h5,8H,2-4,7H2,1H3. The van der Waals surface area contributed by atoms with E-state index in [1.807, 2.05) is 0 Å². The molecule has 0 aliphatic heterocycles. The van der Waals surface area contributed by atoms with Crippen LogP contribution in [0.25, 0.3) is 0 Å². The molecule has 0 amide bonds. The van der Waals surface area contributed by atoms with Gasteiger partial charge in [-0.1, -0.05) is 0 Å². The van der Waals surface area contributed by atoms with E-state index in [-0.39, 0.29) is 6.10 Å². The number of methoxy groups -OCH3 is 1. The van der Waals surface area contributed by atoms with Gasteiger partial charge in [0.1, 0.15) is 0 Å². The Morgan fingerprint density at radius 2 is 2.33 bits per heavy atom. The lowest BCUT2D eigenvalue weighted by molar-refractivity contribution is -0.120. The Balaban J connectivity index is 2.24. The van der Waals surface area contributed by atoms with Crippen LogP contribution >= 0.6 is 0 Å². The van der Waals surface area contributed by atoms with Crippen molar-refractivity contribution in [1.82, 2.24) is 0 Å². The predicted octanol–water partition coefficient (Wildman–Crippen LogP) is -0.515. The van der Waals surface area contributed by atoms with Crippen LogP contribution in [0.5, 0.6) is 0 Å². The molecule has 9 heavy (non-hydrogen) atoms. The van der Waals surface area contributed by atoms with Crippen molar-refractivity contribution >= 4 is 0 Å². The van der Waals surface area contributed by atoms with Crippen LogP contribution in [0.15, 0.2) is 0 Å². The summed E-state index contributed by atoms with van der Waals surface area (Å²) < 4.78 is 4.97.